The maximum absolute atomic E-state index is 5.19. The summed E-state index contributed by atoms with van der Waals surface area (Å²) in [6.45, 7) is 4.08. The summed E-state index contributed by atoms with van der Waals surface area (Å²) in [6.07, 6.45) is 1.85. The lowest BCUT2D eigenvalue weighted by Crippen LogP contribution is -2.37. The van der Waals surface area contributed by atoms with Gasteiger partial charge in [0, 0.05) is 18.1 Å². The van der Waals surface area contributed by atoms with E-state index in [0.717, 1.165) is 34.9 Å². The second-order valence-corrected chi connectivity index (χ2v) is 5.88. The number of nitrogens with one attached hydrogen (secondary N) is 2. The number of hydrogen-bond donors (Lipinski definition) is 2. The Hall–Kier alpha value is -2.35. The lowest BCUT2D eigenvalue weighted by Gasteiger charge is -2.12. The van der Waals surface area contributed by atoms with Gasteiger partial charge >= 0.3 is 0 Å². The molecular formula is C21H25IN4O. The highest BCUT2D eigenvalue weighted by Crippen LogP contribution is 2.16. The minimum Gasteiger partial charge on any atom is -0.497 e. The van der Waals surface area contributed by atoms with Crippen LogP contribution >= 0.6 is 24.0 Å². The zero-order chi connectivity index (χ0) is 18.2. The average Bonchev–Trinajstić information content (AvgIpc) is 2.70. The molecule has 0 aliphatic heterocycles. The number of methoxy groups -OCH3 is 1. The molecule has 5 nitrogen and oxygen atoms in total. The number of ether oxygens (including phenoxy) is 1. The van der Waals surface area contributed by atoms with Gasteiger partial charge in [-0.2, -0.15) is 0 Å². The summed E-state index contributed by atoms with van der Waals surface area (Å²) in [5.74, 6) is 1.63. The molecule has 2 N–H and O–H groups in total. The lowest BCUT2D eigenvalue weighted by atomic mass is 10.1. The van der Waals surface area contributed by atoms with Crippen molar-refractivity contribution in [3.8, 4) is 5.75 Å². The fourth-order valence-electron chi connectivity index (χ4n) is 2.73. The van der Waals surface area contributed by atoms with Crippen LogP contribution in [0.4, 0.5) is 0 Å². The van der Waals surface area contributed by atoms with Gasteiger partial charge in [-0.1, -0.05) is 36.4 Å². The minimum atomic E-state index is 0. The van der Waals surface area contributed by atoms with Crippen LogP contribution in [0.15, 0.2) is 65.8 Å². The molecule has 27 heavy (non-hydrogen) atoms. The Bertz CT molecular complexity index is 875. The topological polar surface area (TPSA) is 58.5 Å². The van der Waals surface area contributed by atoms with E-state index in [1.807, 2.05) is 48.7 Å². The van der Waals surface area contributed by atoms with E-state index in [1.54, 1.807) is 7.11 Å². The number of nitrogens with zero attached hydrogens (tertiary/aromatic N) is 2. The molecule has 0 bridgehead atoms. The highest BCUT2D eigenvalue weighted by atomic mass is 127. The van der Waals surface area contributed by atoms with Gasteiger partial charge in [0.1, 0.15) is 5.75 Å². The van der Waals surface area contributed by atoms with E-state index in [1.165, 1.54) is 5.39 Å². The maximum atomic E-state index is 5.19. The van der Waals surface area contributed by atoms with Crippen LogP contribution in [0.3, 0.4) is 0 Å². The van der Waals surface area contributed by atoms with E-state index in [2.05, 4.69) is 39.7 Å². The molecule has 0 aliphatic rings. The standard InChI is InChI=1S/C21H24N4O.HI/c1-3-22-21(24-14-16-8-10-18(26-2)11-9-16)25-15-20-19-7-5-4-6-17(19)12-13-23-20;/h4-13H,3,14-15H2,1-2H3,(H2,22,24,25);1H. The second-order valence-electron chi connectivity index (χ2n) is 5.88. The molecule has 3 aromatic rings. The smallest absolute Gasteiger partial charge is 0.191 e. The van der Waals surface area contributed by atoms with E-state index in [4.69, 9.17) is 4.74 Å². The van der Waals surface area contributed by atoms with E-state index in [0.29, 0.717) is 13.1 Å². The van der Waals surface area contributed by atoms with Crippen molar-refractivity contribution >= 4 is 40.7 Å². The van der Waals surface area contributed by atoms with Crippen LogP contribution in [0, 0.1) is 0 Å². The van der Waals surface area contributed by atoms with Crippen LogP contribution in [0.1, 0.15) is 18.2 Å². The fraction of sp³-hybridized carbons (Fsp3) is 0.238. The molecule has 0 aliphatic carbocycles. The number of pyridine rings is 1. The number of rotatable bonds is 6. The Balaban J connectivity index is 0.00000261. The Labute approximate surface area is 177 Å². The van der Waals surface area contributed by atoms with Crippen LogP contribution in [0.2, 0.25) is 0 Å². The number of aromatic nitrogens is 1. The monoisotopic (exact) mass is 476 g/mol. The normalized spacial score (nSPS) is 11.0. The zero-order valence-corrected chi connectivity index (χ0v) is 17.9. The molecule has 3 rings (SSSR count). The molecule has 1 heterocycles. The van der Waals surface area contributed by atoms with Gasteiger partial charge in [-0.25, -0.2) is 4.99 Å². The van der Waals surface area contributed by atoms with Gasteiger partial charge in [0.25, 0.3) is 0 Å². The average molecular weight is 476 g/mol. The van der Waals surface area contributed by atoms with Crippen molar-refractivity contribution in [1.29, 1.82) is 0 Å². The van der Waals surface area contributed by atoms with Crippen molar-refractivity contribution in [3.63, 3.8) is 0 Å². The highest BCUT2D eigenvalue weighted by Gasteiger charge is 2.04. The SMILES string of the molecule is CCNC(=NCc1ccc(OC)cc1)NCc1nccc2ccccc12.I. The number of aliphatic imine (C=N–C) groups is 1. The Morgan fingerprint density at radius 1 is 1.04 bits per heavy atom. The number of hydrogen-bond acceptors (Lipinski definition) is 3. The molecule has 2 aromatic carbocycles. The van der Waals surface area contributed by atoms with Crippen molar-refractivity contribution < 1.29 is 4.74 Å². The van der Waals surface area contributed by atoms with Crippen LogP contribution in [-0.2, 0) is 13.1 Å². The van der Waals surface area contributed by atoms with Crippen LogP contribution in [0.25, 0.3) is 10.8 Å². The van der Waals surface area contributed by atoms with E-state index >= 15 is 0 Å². The number of guanidine groups is 1. The zero-order valence-electron chi connectivity index (χ0n) is 15.6. The van der Waals surface area contributed by atoms with Gasteiger partial charge in [0.2, 0.25) is 0 Å². The first-order valence-electron chi connectivity index (χ1n) is 8.78. The summed E-state index contributed by atoms with van der Waals surface area (Å²) >= 11 is 0. The lowest BCUT2D eigenvalue weighted by molar-refractivity contribution is 0.414. The fourth-order valence-corrected chi connectivity index (χ4v) is 2.73. The van der Waals surface area contributed by atoms with Gasteiger partial charge in [-0.3, -0.25) is 4.98 Å². The first-order chi connectivity index (χ1) is 12.8. The molecule has 0 amide bonds. The van der Waals surface area contributed by atoms with Gasteiger partial charge in [-0.05, 0) is 36.1 Å². The number of halogens is 1. The predicted molar refractivity (Wildman–Crippen MR) is 122 cm³/mol. The summed E-state index contributed by atoms with van der Waals surface area (Å²) in [5.41, 5.74) is 2.14. The number of benzene rings is 2. The van der Waals surface area contributed by atoms with Crippen LogP contribution < -0.4 is 15.4 Å². The molecular weight excluding hydrogens is 451 g/mol. The Morgan fingerprint density at radius 2 is 1.81 bits per heavy atom. The van der Waals surface area contributed by atoms with E-state index < -0.39 is 0 Å². The summed E-state index contributed by atoms with van der Waals surface area (Å²) in [5, 5.41) is 9.01. The molecule has 0 saturated carbocycles. The van der Waals surface area contributed by atoms with Crippen molar-refractivity contribution in [2.45, 2.75) is 20.0 Å². The third-order valence-corrected chi connectivity index (χ3v) is 4.10. The summed E-state index contributed by atoms with van der Waals surface area (Å²) < 4.78 is 5.19. The molecule has 0 spiro atoms. The molecule has 0 saturated heterocycles. The third kappa shape index (κ3) is 5.82. The molecule has 0 unspecified atom stereocenters. The second kappa shape index (κ2) is 10.7. The largest absolute Gasteiger partial charge is 0.497 e. The van der Waals surface area contributed by atoms with Crippen molar-refractivity contribution in [2.24, 2.45) is 4.99 Å². The van der Waals surface area contributed by atoms with Gasteiger partial charge in [0.05, 0.1) is 25.9 Å². The van der Waals surface area contributed by atoms with Crippen molar-refractivity contribution in [3.05, 3.63) is 72.1 Å². The quantitative estimate of drug-likeness (QED) is 0.320. The number of fused-ring (bicyclic) bond motifs is 1. The van der Waals surface area contributed by atoms with E-state index in [9.17, 15) is 0 Å². The summed E-state index contributed by atoms with van der Waals surface area (Å²) in [6, 6.07) is 18.3. The molecule has 0 atom stereocenters. The Morgan fingerprint density at radius 3 is 2.56 bits per heavy atom. The van der Waals surface area contributed by atoms with Crippen molar-refractivity contribution in [2.75, 3.05) is 13.7 Å². The predicted octanol–water partition coefficient (Wildman–Crippen LogP) is 4.12. The molecule has 0 radical (unpaired) electrons. The first-order valence-corrected chi connectivity index (χ1v) is 8.78. The molecule has 0 fully saturated rings. The summed E-state index contributed by atoms with van der Waals surface area (Å²) in [4.78, 5) is 9.18. The van der Waals surface area contributed by atoms with Crippen molar-refractivity contribution in [1.82, 2.24) is 15.6 Å². The Kier molecular flexibility index (Phi) is 8.32. The molecule has 142 valence electrons. The van der Waals surface area contributed by atoms with Gasteiger partial charge in [0.15, 0.2) is 5.96 Å². The minimum absolute atomic E-state index is 0. The highest BCUT2D eigenvalue weighted by molar-refractivity contribution is 14.0. The maximum Gasteiger partial charge on any atom is 0.191 e. The first kappa shape index (κ1) is 21.0. The van der Waals surface area contributed by atoms with E-state index in [-0.39, 0.29) is 24.0 Å². The molecule has 6 heteroatoms. The third-order valence-electron chi connectivity index (χ3n) is 4.10. The van der Waals surface area contributed by atoms with Gasteiger partial charge < -0.3 is 15.4 Å². The van der Waals surface area contributed by atoms with Crippen LogP contribution in [-0.4, -0.2) is 24.6 Å². The van der Waals surface area contributed by atoms with Gasteiger partial charge in [-0.15, -0.1) is 24.0 Å². The molecule has 1 aromatic heterocycles. The summed E-state index contributed by atoms with van der Waals surface area (Å²) in [7, 11) is 1.67. The van der Waals surface area contributed by atoms with Crippen LogP contribution in [0.5, 0.6) is 5.75 Å².